The van der Waals surface area contributed by atoms with Crippen LogP contribution in [0.4, 0.5) is 0 Å². The smallest absolute Gasteiger partial charge is 0.254 e. The average molecular weight is 396 g/mol. The molecular formula is C22H28N4O3. The number of nitrogens with zero attached hydrogens (tertiary/aromatic N) is 3. The van der Waals surface area contributed by atoms with Gasteiger partial charge in [0.15, 0.2) is 0 Å². The third-order valence-electron chi connectivity index (χ3n) is 5.78. The van der Waals surface area contributed by atoms with Gasteiger partial charge in [0.25, 0.3) is 5.91 Å². The van der Waals surface area contributed by atoms with Crippen LogP contribution in [0.5, 0.6) is 0 Å². The number of hydrogen-bond donors (Lipinski definition) is 1. The van der Waals surface area contributed by atoms with Gasteiger partial charge in [-0.3, -0.25) is 14.3 Å². The van der Waals surface area contributed by atoms with Gasteiger partial charge in [-0.05, 0) is 43.9 Å². The van der Waals surface area contributed by atoms with Crippen LogP contribution in [-0.4, -0.2) is 52.8 Å². The summed E-state index contributed by atoms with van der Waals surface area (Å²) in [6.45, 7) is 5.20. The predicted molar refractivity (Wildman–Crippen MR) is 108 cm³/mol. The zero-order chi connectivity index (χ0) is 20.2. The van der Waals surface area contributed by atoms with Crippen LogP contribution < -0.4 is 5.32 Å². The van der Waals surface area contributed by atoms with Crippen molar-refractivity contribution in [1.29, 1.82) is 0 Å². The SMILES string of the molecule is Cc1cccc(C(=O)N2Cc3ccnn3[C@@H](CC(=O)NCC3CCOCC3)C2)c1. The summed E-state index contributed by atoms with van der Waals surface area (Å²) in [5.74, 6) is 0.486. The Bertz CT molecular complexity index is 872. The number of hydrogen-bond acceptors (Lipinski definition) is 4. The van der Waals surface area contributed by atoms with Crippen LogP contribution in [0.3, 0.4) is 0 Å². The number of benzene rings is 1. The molecule has 1 atom stereocenters. The third kappa shape index (κ3) is 4.67. The first-order chi connectivity index (χ1) is 14.1. The summed E-state index contributed by atoms with van der Waals surface area (Å²) in [5, 5.41) is 7.47. The van der Waals surface area contributed by atoms with E-state index < -0.39 is 0 Å². The minimum atomic E-state index is -0.155. The van der Waals surface area contributed by atoms with E-state index in [1.54, 1.807) is 6.20 Å². The molecule has 154 valence electrons. The zero-order valence-corrected chi connectivity index (χ0v) is 16.8. The van der Waals surface area contributed by atoms with Gasteiger partial charge in [-0.15, -0.1) is 0 Å². The van der Waals surface area contributed by atoms with E-state index in [0.717, 1.165) is 37.3 Å². The molecule has 7 heteroatoms. The summed E-state index contributed by atoms with van der Waals surface area (Å²) in [5.41, 5.74) is 2.70. The van der Waals surface area contributed by atoms with Crippen molar-refractivity contribution in [1.82, 2.24) is 20.0 Å². The Hall–Kier alpha value is -2.67. The monoisotopic (exact) mass is 396 g/mol. The first-order valence-electron chi connectivity index (χ1n) is 10.3. The van der Waals surface area contributed by atoms with Crippen molar-refractivity contribution in [2.24, 2.45) is 5.92 Å². The first-order valence-corrected chi connectivity index (χ1v) is 10.3. The second-order valence-electron chi connectivity index (χ2n) is 8.04. The minimum absolute atomic E-state index is 0.00577. The number of carbonyl (C=O) groups excluding carboxylic acids is 2. The number of fused-ring (bicyclic) bond motifs is 1. The van der Waals surface area contributed by atoms with Crippen molar-refractivity contribution < 1.29 is 14.3 Å². The highest BCUT2D eigenvalue weighted by molar-refractivity contribution is 5.94. The molecule has 0 radical (unpaired) electrons. The maximum absolute atomic E-state index is 13.0. The number of carbonyl (C=O) groups is 2. The van der Waals surface area contributed by atoms with E-state index >= 15 is 0 Å². The molecule has 1 saturated heterocycles. The van der Waals surface area contributed by atoms with Crippen molar-refractivity contribution in [3.05, 3.63) is 53.3 Å². The molecule has 1 aromatic heterocycles. The van der Waals surface area contributed by atoms with Crippen molar-refractivity contribution in [3.63, 3.8) is 0 Å². The van der Waals surface area contributed by atoms with E-state index in [-0.39, 0.29) is 17.9 Å². The molecule has 1 aromatic carbocycles. The predicted octanol–water partition coefficient (Wildman–Crippen LogP) is 2.32. The number of aromatic nitrogens is 2. The lowest BCUT2D eigenvalue weighted by atomic mass is 10.0. The topological polar surface area (TPSA) is 76.5 Å². The number of rotatable bonds is 5. The molecule has 0 unspecified atom stereocenters. The molecule has 4 rings (SSSR count). The Labute approximate surface area is 171 Å². The molecule has 0 saturated carbocycles. The highest BCUT2D eigenvalue weighted by atomic mass is 16.5. The molecule has 7 nitrogen and oxygen atoms in total. The van der Waals surface area contributed by atoms with E-state index in [2.05, 4.69) is 10.4 Å². The molecule has 29 heavy (non-hydrogen) atoms. The number of nitrogens with one attached hydrogen (secondary N) is 1. The Balaban J connectivity index is 1.41. The lowest BCUT2D eigenvalue weighted by molar-refractivity contribution is -0.122. The normalized spacial score (nSPS) is 19.6. The molecule has 1 fully saturated rings. The van der Waals surface area contributed by atoms with Gasteiger partial charge in [0.2, 0.25) is 5.91 Å². The van der Waals surface area contributed by atoms with E-state index in [1.165, 1.54) is 0 Å². The Morgan fingerprint density at radius 3 is 2.86 bits per heavy atom. The fraction of sp³-hybridized carbons (Fsp3) is 0.500. The molecule has 1 N–H and O–H groups in total. The standard InChI is InChI=1S/C22H28N4O3/c1-16-3-2-4-18(11-16)22(28)25-14-19-5-8-24-26(19)20(15-25)12-21(27)23-13-17-6-9-29-10-7-17/h2-5,8,11,17,20H,6-7,9-10,12-15H2,1H3,(H,23,27)/t20-/m0/s1. The molecule has 3 heterocycles. The molecule has 2 aliphatic heterocycles. The van der Waals surface area contributed by atoms with E-state index in [0.29, 0.717) is 37.5 Å². The summed E-state index contributed by atoms with van der Waals surface area (Å²) in [4.78, 5) is 27.4. The van der Waals surface area contributed by atoms with Crippen LogP contribution in [0.25, 0.3) is 0 Å². The minimum Gasteiger partial charge on any atom is -0.381 e. The number of aryl methyl sites for hydroxylation is 1. The van der Waals surface area contributed by atoms with E-state index in [1.807, 2.05) is 46.8 Å². The maximum Gasteiger partial charge on any atom is 0.254 e. The third-order valence-corrected chi connectivity index (χ3v) is 5.78. The van der Waals surface area contributed by atoms with Crippen LogP contribution in [-0.2, 0) is 16.1 Å². The van der Waals surface area contributed by atoms with Crippen molar-refractivity contribution >= 4 is 11.8 Å². The van der Waals surface area contributed by atoms with E-state index in [9.17, 15) is 9.59 Å². The molecule has 0 aliphatic carbocycles. The highest BCUT2D eigenvalue weighted by Gasteiger charge is 2.30. The van der Waals surface area contributed by atoms with Crippen LogP contribution in [0, 0.1) is 12.8 Å². The van der Waals surface area contributed by atoms with Crippen LogP contribution in [0.15, 0.2) is 36.5 Å². The molecule has 0 spiro atoms. The lowest BCUT2D eigenvalue weighted by Crippen LogP contribution is -2.43. The Morgan fingerprint density at radius 2 is 2.07 bits per heavy atom. The summed E-state index contributed by atoms with van der Waals surface area (Å²) >= 11 is 0. The van der Waals surface area contributed by atoms with Crippen LogP contribution in [0.1, 0.15) is 46.9 Å². The van der Waals surface area contributed by atoms with Crippen LogP contribution >= 0.6 is 0 Å². The van der Waals surface area contributed by atoms with Gasteiger partial charge in [-0.2, -0.15) is 5.10 Å². The Morgan fingerprint density at radius 1 is 1.24 bits per heavy atom. The first kappa shape index (κ1) is 19.6. The number of ether oxygens (including phenoxy) is 1. The van der Waals surface area contributed by atoms with Gasteiger partial charge in [0, 0.05) is 38.1 Å². The van der Waals surface area contributed by atoms with Gasteiger partial charge in [0.1, 0.15) is 0 Å². The number of amides is 2. The fourth-order valence-electron chi connectivity index (χ4n) is 4.15. The summed E-state index contributed by atoms with van der Waals surface area (Å²) < 4.78 is 7.27. The van der Waals surface area contributed by atoms with Crippen molar-refractivity contribution in [3.8, 4) is 0 Å². The van der Waals surface area contributed by atoms with Gasteiger partial charge in [-0.25, -0.2) is 0 Å². The lowest BCUT2D eigenvalue weighted by Gasteiger charge is -2.34. The average Bonchev–Trinajstić information content (AvgIpc) is 3.21. The van der Waals surface area contributed by atoms with Gasteiger partial charge < -0.3 is 15.0 Å². The van der Waals surface area contributed by atoms with E-state index in [4.69, 9.17) is 4.74 Å². The quantitative estimate of drug-likeness (QED) is 0.842. The Kier molecular flexibility index (Phi) is 5.94. The van der Waals surface area contributed by atoms with Gasteiger partial charge >= 0.3 is 0 Å². The summed E-state index contributed by atoms with van der Waals surface area (Å²) in [6.07, 6.45) is 4.04. The zero-order valence-electron chi connectivity index (χ0n) is 16.8. The maximum atomic E-state index is 13.0. The molecule has 2 aliphatic rings. The van der Waals surface area contributed by atoms with Crippen LogP contribution in [0.2, 0.25) is 0 Å². The summed E-state index contributed by atoms with van der Waals surface area (Å²) in [7, 11) is 0. The highest BCUT2D eigenvalue weighted by Crippen LogP contribution is 2.25. The largest absolute Gasteiger partial charge is 0.381 e. The fourth-order valence-corrected chi connectivity index (χ4v) is 4.15. The molecule has 0 bridgehead atoms. The van der Waals surface area contributed by atoms with Gasteiger partial charge in [0.05, 0.1) is 24.7 Å². The van der Waals surface area contributed by atoms with Crippen molar-refractivity contribution in [2.45, 2.75) is 38.8 Å². The molecular weight excluding hydrogens is 368 g/mol. The molecule has 2 amide bonds. The second kappa shape index (κ2) is 8.78. The summed E-state index contributed by atoms with van der Waals surface area (Å²) in [6, 6.07) is 9.40. The van der Waals surface area contributed by atoms with Gasteiger partial charge in [-0.1, -0.05) is 17.7 Å². The van der Waals surface area contributed by atoms with Crippen molar-refractivity contribution in [2.75, 3.05) is 26.3 Å². The molecule has 2 aromatic rings. The second-order valence-corrected chi connectivity index (χ2v) is 8.04.